The highest BCUT2D eigenvalue weighted by molar-refractivity contribution is 7.80. The maximum absolute atomic E-state index is 13.3. The summed E-state index contributed by atoms with van der Waals surface area (Å²) >= 11 is 10.4. The molecule has 1 aromatic rings. The summed E-state index contributed by atoms with van der Waals surface area (Å²) in [6.07, 6.45) is 1.24. The molecule has 0 radical (unpaired) electrons. The van der Waals surface area contributed by atoms with E-state index in [2.05, 4.69) is 12.2 Å². The second kappa shape index (κ2) is 4.87. The van der Waals surface area contributed by atoms with Gasteiger partial charge in [-0.3, -0.25) is 0 Å². The maximum atomic E-state index is 13.3. The number of benzene rings is 1. The predicted octanol–water partition coefficient (Wildman–Crippen LogP) is 2.67. The lowest BCUT2D eigenvalue weighted by Crippen LogP contribution is -2.09. The van der Waals surface area contributed by atoms with Crippen LogP contribution in [-0.4, -0.2) is 4.99 Å². The van der Waals surface area contributed by atoms with Crippen LogP contribution in [-0.2, 0) is 0 Å². The van der Waals surface area contributed by atoms with Crippen molar-refractivity contribution in [1.29, 1.82) is 5.26 Å². The van der Waals surface area contributed by atoms with Crippen molar-refractivity contribution in [3.05, 3.63) is 40.2 Å². The van der Waals surface area contributed by atoms with E-state index in [4.69, 9.17) is 22.6 Å². The second-order valence-corrected chi connectivity index (χ2v) is 3.52. The zero-order valence-electron chi connectivity index (χ0n) is 7.50. The molecule has 76 valence electrons. The Hall–Kier alpha value is -1.44. The second-order valence-electron chi connectivity index (χ2n) is 2.67. The number of hydrogen-bond acceptors (Lipinski definition) is 2. The Labute approximate surface area is 96.8 Å². The molecule has 0 amide bonds. The summed E-state index contributed by atoms with van der Waals surface area (Å²) in [5.74, 6) is -0.522. The van der Waals surface area contributed by atoms with Gasteiger partial charge in [0.05, 0.1) is 10.6 Å². The quantitative estimate of drug-likeness (QED) is 0.491. The smallest absolute Gasteiger partial charge is 0.131 e. The van der Waals surface area contributed by atoms with Crippen molar-refractivity contribution in [3.63, 3.8) is 0 Å². The van der Waals surface area contributed by atoms with Gasteiger partial charge in [-0.25, -0.2) is 4.39 Å². The summed E-state index contributed by atoms with van der Waals surface area (Å²) in [7, 11) is 0. The van der Waals surface area contributed by atoms with Gasteiger partial charge in [-0.05, 0) is 18.2 Å². The van der Waals surface area contributed by atoms with Crippen LogP contribution >= 0.6 is 23.8 Å². The molecule has 0 unspecified atom stereocenters. The fourth-order valence-corrected chi connectivity index (χ4v) is 1.27. The molecule has 0 aromatic heterocycles. The molecule has 0 saturated carbocycles. The minimum atomic E-state index is -0.522. The summed E-state index contributed by atoms with van der Waals surface area (Å²) in [4.78, 5) is -0.0863. The number of nitriles is 1. The number of hydrogen-bond donors (Lipinski definition) is 1. The first-order valence-electron chi connectivity index (χ1n) is 3.92. The molecular weight excluding hydrogens is 235 g/mol. The van der Waals surface area contributed by atoms with Crippen molar-refractivity contribution in [2.45, 2.75) is 0 Å². The van der Waals surface area contributed by atoms with Crippen LogP contribution in [0.25, 0.3) is 6.08 Å². The van der Waals surface area contributed by atoms with Gasteiger partial charge in [0.1, 0.15) is 16.9 Å². The van der Waals surface area contributed by atoms with E-state index in [9.17, 15) is 4.39 Å². The van der Waals surface area contributed by atoms with E-state index < -0.39 is 5.82 Å². The van der Waals surface area contributed by atoms with E-state index in [0.717, 1.165) is 0 Å². The standard InChI is InChI=1S/C10H6ClFN2S/c11-8-2-1-3-9(12)7(8)4-6(5-13)10(14)15/h1-4H,(H2,14,15)/b6-4+. The van der Waals surface area contributed by atoms with Gasteiger partial charge in [0, 0.05) is 5.56 Å². The van der Waals surface area contributed by atoms with E-state index in [1.165, 1.54) is 24.3 Å². The molecule has 0 aliphatic heterocycles. The third-order valence-electron chi connectivity index (χ3n) is 1.67. The summed E-state index contributed by atoms with van der Waals surface area (Å²) in [5.41, 5.74) is 5.41. The molecule has 5 heteroatoms. The van der Waals surface area contributed by atoms with Crippen molar-refractivity contribution in [3.8, 4) is 6.07 Å². The fraction of sp³-hybridized carbons (Fsp3) is 0. The van der Waals surface area contributed by atoms with Crippen molar-refractivity contribution in [2.24, 2.45) is 5.73 Å². The first kappa shape index (κ1) is 11.6. The van der Waals surface area contributed by atoms with Gasteiger partial charge in [-0.15, -0.1) is 0 Å². The first-order chi connectivity index (χ1) is 7.06. The third-order valence-corrected chi connectivity index (χ3v) is 2.22. The predicted molar refractivity (Wildman–Crippen MR) is 61.8 cm³/mol. The van der Waals surface area contributed by atoms with Crippen LogP contribution in [0.5, 0.6) is 0 Å². The van der Waals surface area contributed by atoms with Gasteiger partial charge in [0.2, 0.25) is 0 Å². The van der Waals surface area contributed by atoms with Gasteiger partial charge in [-0.2, -0.15) is 5.26 Å². The zero-order chi connectivity index (χ0) is 11.4. The van der Waals surface area contributed by atoms with E-state index >= 15 is 0 Å². The van der Waals surface area contributed by atoms with E-state index in [-0.39, 0.29) is 21.1 Å². The van der Waals surface area contributed by atoms with Crippen LogP contribution < -0.4 is 5.73 Å². The lowest BCUT2D eigenvalue weighted by molar-refractivity contribution is 0.625. The highest BCUT2D eigenvalue weighted by Crippen LogP contribution is 2.21. The summed E-state index contributed by atoms with van der Waals surface area (Å²) in [5, 5.41) is 8.90. The Bertz CT molecular complexity index is 457. The molecular formula is C10H6ClFN2S. The van der Waals surface area contributed by atoms with Gasteiger partial charge in [0.15, 0.2) is 0 Å². The highest BCUT2D eigenvalue weighted by atomic mass is 35.5. The van der Waals surface area contributed by atoms with E-state index in [1.54, 1.807) is 6.07 Å². The minimum absolute atomic E-state index is 0.0250. The average Bonchev–Trinajstić information content (AvgIpc) is 2.17. The molecule has 0 atom stereocenters. The normalized spacial score (nSPS) is 10.9. The molecule has 0 aliphatic rings. The fourth-order valence-electron chi connectivity index (χ4n) is 0.951. The number of rotatable bonds is 2. The summed E-state index contributed by atoms with van der Waals surface area (Å²) in [6.45, 7) is 0. The summed E-state index contributed by atoms with van der Waals surface area (Å²) < 4.78 is 13.3. The molecule has 0 spiro atoms. The average molecular weight is 241 g/mol. The highest BCUT2D eigenvalue weighted by Gasteiger charge is 2.07. The molecule has 2 nitrogen and oxygen atoms in total. The molecule has 2 N–H and O–H groups in total. The zero-order valence-corrected chi connectivity index (χ0v) is 9.07. The van der Waals surface area contributed by atoms with Crippen LogP contribution in [0, 0.1) is 17.1 Å². The number of nitrogens with zero attached hydrogens (tertiary/aromatic N) is 1. The molecule has 0 aliphatic carbocycles. The topological polar surface area (TPSA) is 49.8 Å². The lowest BCUT2D eigenvalue weighted by atomic mass is 10.1. The van der Waals surface area contributed by atoms with E-state index in [0.29, 0.717) is 0 Å². The molecule has 0 bridgehead atoms. The van der Waals surface area contributed by atoms with Crippen LogP contribution in [0.3, 0.4) is 0 Å². The molecule has 15 heavy (non-hydrogen) atoms. The molecule has 0 fully saturated rings. The lowest BCUT2D eigenvalue weighted by Gasteiger charge is -2.00. The van der Waals surface area contributed by atoms with Gasteiger partial charge in [-0.1, -0.05) is 29.9 Å². The molecule has 1 aromatic carbocycles. The van der Waals surface area contributed by atoms with Crippen LogP contribution in [0.4, 0.5) is 4.39 Å². The van der Waals surface area contributed by atoms with Crippen molar-refractivity contribution in [1.82, 2.24) is 0 Å². The Morgan fingerprint density at radius 3 is 2.73 bits per heavy atom. The van der Waals surface area contributed by atoms with Crippen LogP contribution in [0.15, 0.2) is 23.8 Å². The minimum Gasteiger partial charge on any atom is -0.389 e. The third kappa shape index (κ3) is 2.75. The summed E-state index contributed by atoms with van der Waals surface area (Å²) in [6, 6.07) is 6.01. The molecule has 0 saturated heterocycles. The van der Waals surface area contributed by atoms with E-state index in [1.807, 2.05) is 0 Å². The van der Waals surface area contributed by atoms with Crippen LogP contribution in [0.1, 0.15) is 5.56 Å². The Kier molecular flexibility index (Phi) is 3.78. The monoisotopic (exact) mass is 240 g/mol. The van der Waals surface area contributed by atoms with Crippen molar-refractivity contribution < 1.29 is 4.39 Å². The molecule has 1 rings (SSSR count). The van der Waals surface area contributed by atoms with Gasteiger partial charge >= 0.3 is 0 Å². The van der Waals surface area contributed by atoms with Crippen LogP contribution in [0.2, 0.25) is 5.02 Å². The van der Waals surface area contributed by atoms with Gasteiger partial charge < -0.3 is 5.73 Å². The SMILES string of the molecule is N#C/C(=C\c1c(F)cccc1Cl)C(N)=S. The van der Waals surface area contributed by atoms with Gasteiger partial charge in [0.25, 0.3) is 0 Å². The molecule has 0 heterocycles. The maximum Gasteiger partial charge on any atom is 0.131 e. The Balaban J connectivity index is 3.30. The van der Waals surface area contributed by atoms with Crippen molar-refractivity contribution >= 4 is 34.9 Å². The first-order valence-corrected chi connectivity index (χ1v) is 4.70. The largest absolute Gasteiger partial charge is 0.389 e. The number of nitrogens with two attached hydrogens (primary N) is 1. The number of thiocarbonyl (C=S) groups is 1. The Morgan fingerprint density at radius 2 is 2.27 bits per heavy atom. The number of halogens is 2. The Morgan fingerprint density at radius 1 is 1.60 bits per heavy atom. The van der Waals surface area contributed by atoms with Crippen molar-refractivity contribution in [2.75, 3.05) is 0 Å².